The molecule has 4 nitrogen and oxygen atoms in total. The van der Waals surface area contributed by atoms with Crippen LogP contribution in [0.25, 0.3) is 0 Å². The van der Waals surface area contributed by atoms with Crippen LogP contribution in [0.3, 0.4) is 0 Å². The minimum atomic E-state index is -3.72. The van der Waals surface area contributed by atoms with E-state index in [1.165, 1.54) is 18.2 Å². The van der Waals surface area contributed by atoms with Crippen molar-refractivity contribution in [2.45, 2.75) is 19.1 Å². The van der Waals surface area contributed by atoms with Gasteiger partial charge in [0.1, 0.15) is 0 Å². The maximum absolute atomic E-state index is 12.9. The molecule has 0 atom stereocenters. The highest BCUT2D eigenvalue weighted by molar-refractivity contribution is 6.02. The van der Waals surface area contributed by atoms with Crippen LogP contribution in [0.4, 0.5) is 8.78 Å². The Labute approximate surface area is 130 Å². The van der Waals surface area contributed by atoms with E-state index in [4.69, 9.17) is 0 Å². The van der Waals surface area contributed by atoms with Crippen LogP contribution in [0.15, 0.2) is 48.5 Å². The Morgan fingerprint density at radius 3 is 2.13 bits per heavy atom. The molecule has 3 rings (SSSR count). The number of rotatable bonds is 5. The highest BCUT2D eigenvalue weighted by atomic mass is 19.3. The number of halogens is 2. The van der Waals surface area contributed by atoms with Crippen molar-refractivity contribution in [2.75, 3.05) is 0 Å². The van der Waals surface area contributed by atoms with E-state index < -0.39 is 6.29 Å². The van der Waals surface area contributed by atoms with E-state index in [2.05, 4.69) is 9.47 Å². The van der Waals surface area contributed by atoms with Crippen LogP contribution in [-0.2, 0) is 0 Å². The Morgan fingerprint density at radius 1 is 0.826 bits per heavy atom. The van der Waals surface area contributed by atoms with Gasteiger partial charge in [-0.25, -0.2) is 0 Å². The minimum Gasteiger partial charge on any atom is -0.395 e. The largest absolute Gasteiger partial charge is 0.586 e. The summed E-state index contributed by atoms with van der Waals surface area (Å²) in [5.74, 6) is -0.774. The Bertz CT molecular complexity index is 756. The third-order valence-corrected chi connectivity index (χ3v) is 3.40. The van der Waals surface area contributed by atoms with Crippen LogP contribution >= 0.6 is 0 Å². The van der Waals surface area contributed by atoms with Gasteiger partial charge in [-0.3, -0.25) is 9.59 Å². The summed E-state index contributed by atoms with van der Waals surface area (Å²) < 4.78 is 34.4. The van der Waals surface area contributed by atoms with E-state index in [0.29, 0.717) is 5.56 Å². The molecule has 23 heavy (non-hydrogen) atoms. The molecule has 0 fully saturated rings. The lowest BCUT2D eigenvalue weighted by Crippen LogP contribution is -2.25. The summed E-state index contributed by atoms with van der Waals surface area (Å²) in [4.78, 5) is 24.1. The number of Topliss-reactive ketones (excluding diaryl/α,β-unsaturated/α-hetero) is 2. The van der Waals surface area contributed by atoms with Crippen molar-refractivity contribution in [1.82, 2.24) is 0 Å². The first-order chi connectivity index (χ1) is 10.9. The van der Waals surface area contributed by atoms with Gasteiger partial charge < -0.3 is 9.47 Å². The summed E-state index contributed by atoms with van der Waals surface area (Å²) in [6, 6.07) is 12.5. The van der Waals surface area contributed by atoms with Gasteiger partial charge in [0.2, 0.25) is 0 Å². The molecular formula is C17H12F2O4. The van der Waals surface area contributed by atoms with E-state index in [1.807, 2.05) is 0 Å². The Hall–Kier alpha value is -2.76. The number of carbonyl (C=O) groups excluding carboxylic acids is 2. The van der Waals surface area contributed by atoms with E-state index in [-0.39, 0.29) is 41.5 Å². The number of benzene rings is 2. The molecule has 0 radical (unpaired) electrons. The molecule has 0 aliphatic carbocycles. The molecule has 0 unspecified atom stereocenters. The normalized spacial score (nSPS) is 14.5. The van der Waals surface area contributed by atoms with E-state index in [1.54, 1.807) is 30.3 Å². The number of carbonyl (C=O) groups is 2. The fraction of sp³-hybridized carbons (Fsp3) is 0.176. The standard InChI is InChI=1S/C17H12F2O4/c18-17(19)22-15-9-6-12(10-16(15)23-17)14(21)8-7-13(20)11-4-2-1-3-5-11/h1-6,9-10H,7-8H2. The van der Waals surface area contributed by atoms with Gasteiger partial charge >= 0.3 is 6.29 Å². The molecule has 0 saturated carbocycles. The van der Waals surface area contributed by atoms with Gasteiger partial charge in [0.25, 0.3) is 0 Å². The molecular weight excluding hydrogens is 306 g/mol. The predicted molar refractivity (Wildman–Crippen MR) is 77.0 cm³/mol. The second-order valence-corrected chi connectivity index (χ2v) is 5.04. The quantitative estimate of drug-likeness (QED) is 0.786. The molecule has 0 N–H and O–H groups in total. The first-order valence-electron chi connectivity index (χ1n) is 6.96. The summed E-state index contributed by atoms with van der Waals surface area (Å²) in [6.45, 7) is 0. The van der Waals surface area contributed by atoms with Gasteiger partial charge in [-0.2, -0.15) is 0 Å². The molecule has 1 heterocycles. The third kappa shape index (κ3) is 3.36. The Balaban J connectivity index is 1.65. The fourth-order valence-electron chi connectivity index (χ4n) is 2.26. The molecule has 2 aromatic carbocycles. The second-order valence-electron chi connectivity index (χ2n) is 5.04. The predicted octanol–water partition coefficient (Wildman–Crippen LogP) is 3.85. The van der Waals surface area contributed by atoms with Crippen LogP contribution in [0.5, 0.6) is 11.5 Å². The maximum atomic E-state index is 12.9. The van der Waals surface area contributed by atoms with E-state index in [0.717, 1.165) is 0 Å². The lowest BCUT2D eigenvalue weighted by atomic mass is 10.0. The number of hydrogen-bond acceptors (Lipinski definition) is 4. The summed E-state index contributed by atoms with van der Waals surface area (Å²) in [6.07, 6.45) is -3.68. The van der Waals surface area contributed by atoms with Crippen molar-refractivity contribution in [3.8, 4) is 11.5 Å². The molecule has 0 bridgehead atoms. The highest BCUT2D eigenvalue weighted by Crippen LogP contribution is 2.41. The molecule has 118 valence electrons. The van der Waals surface area contributed by atoms with Crippen LogP contribution in [0.1, 0.15) is 33.6 Å². The van der Waals surface area contributed by atoms with Gasteiger partial charge in [0, 0.05) is 24.0 Å². The van der Waals surface area contributed by atoms with Crippen LogP contribution < -0.4 is 9.47 Å². The lowest BCUT2D eigenvalue weighted by Gasteiger charge is -2.04. The molecule has 1 aliphatic heterocycles. The average Bonchev–Trinajstić information content (AvgIpc) is 2.85. The molecule has 0 spiro atoms. The summed E-state index contributed by atoms with van der Waals surface area (Å²) in [7, 11) is 0. The van der Waals surface area contributed by atoms with Crippen molar-refractivity contribution in [3.05, 3.63) is 59.7 Å². The SMILES string of the molecule is O=C(CCC(=O)c1ccc2c(c1)OC(F)(F)O2)c1ccccc1. The lowest BCUT2D eigenvalue weighted by molar-refractivity contribution is -0.286. The number of hydrogen-bond donors (Lipinski definition) is 0. The first-order valence-corrected chi connectivity index (χ1v) is 6.96. The number of ether oxygens (including phenoxy) is 2. The maximum Gasteiger partial charge on any atom is 0.586 e. The molecule has 0 amide bonds. The summed E-state index contributed by atoms with van der Waals surface area (Å²) in [5.41, 5.74) is 0.733. The van der Waals surface area contributed by atoms with E-state index >= 15 is 0 Å². The Kier molecular flexibility index (Phi) is 3.82. The fourth-order valence-corrected chi connectivity index (χ4v) is 2.26. The van der Waals surface area contributed by atoms with Crippen molar-refractivity contribution in [2.24, 2.45) is 0 Å². The van der Waals surface area contributed by atoms with Crippen molar-refractivity contribution in [1.29, 1.82) is 0 Å². The summed E-state index contributed by atoms with van der Waals surface area (Å²) in [5, 5.41) is 0. The van der Waals surface area contributed by atoms with Gasteiger partial charge in [-0.1, -0.05) is 30.3 Å². The monoisotopic (exact) mass is 318 g/mol. The number of ketones is 2. The van der Waals surface area contributed by atoms with Gasteiger partial charge in [-0.05, 0) is 18.2 Å². The van der Waals surface area contributed by atoms with Crippen LogP contribution in [0, 0.1) is 0 Å². The smallest absolute Gasteiger partial charge is 0.395 e. The van der Waals surface area contributed by atoms with Gasteiger partial charge in [0.05, 0.1) is 0 Å². The summed E-state index contributed by atoms with van der Waals surface area (Å²) >= 11 is 0. The average molecular weight is 318 g/mol. The third-order valence-electron chi connectivity index (χ3n) is 3.40. The number of alkyl halides is 2. The molecule has 2 aromatic rings. The molecule has 0 aromatic heterocycles. The van der Waals surface area contributed by atoms with Crippen molar-refractivity contribution in [3.63, 3.8) is 0 Å². The Morgan fingerprint density at radius 2 is 1.43 bits per heavy atom. The minimum absolute atomic E-state index is 0.0102. The van der Waals surface area contributed by atoms with Gasteiger partial charge in [-0.15, -0.1) is 8.78 Å². The number of fused-ring (bicyclic) bond motifs is 1. The van der Waals surface area contributed by atoms with Crippen molar-refractivity contribution < 1.29 is 27.8 Å². The van der Waals surface area contributed by atoms with Crippen LogP contribution in [0.2, 0.25) is 0 Å². The molecule has 6 heteroatoms. The zero-order valence-electron chi connectivity index (χ0n) is 11.9. The molecule has 0 saturated heterocycles. The van der Waals surface area contributed by atoms with Gasteiger partial charge in [0.15, 0.2) is 23.1 Å². The molecule has 1 aliphatic rings. The first kappa shape index (κ1) is 15.1. The van der Waals surface area contributed by atoms with Crippen LogP contribution in [-0.4, -0.2) is 17.9 Å². The highest BCUT2D eigenvalue weighted by Gasteiger charge is 2.43. The van der Waals surface area contributed by atoms with Crippen molar-refractivity contribution >= 4 is 11.6 Å². The zero-order valence-corrected chi connectivity index (χ0v) is 11.9. The topological polar surface area (TPSA) is 52.6 Å². The van der Waals surface area contributed by atoms with E-state index in [9.17, 15) is 18.4 Å². The second kappa shape index (κ2) is 5.79. The zero-order chi connectivity index (χ0) is 16.4.